The Bertz CT molecular complexity index is 647. The molecule has 3 N–H and O–H groups in total. The van der Waals surface area contributed by atoms with Crippen molar-refractivity contribution in [2.24, 2.45) is 0 Å². The largest absolute Gasteiger partial charge is 0.329 e. The highest BCUT2D eigenvalue weighted by atomic mass is 16.2. The number of anilines is 1. The van der Waals surface area contributed by atoms with Crippen LogP contribution >= 0.6 is 0 Å². The normalized spacial score (nSPS) is 11.9. The second kappa shape index (κ2) is 6.16. The third kappa shape index (κ3) is 3.33. The Morgan fingerprint density at radius 2 is 1.90 bits per heavy atom. The molecule has 1 amide bonds. The van der Waals surface area contributed by atoms with Crippen molar-refractivity contribution in [1.29, 1.82) is 0 Å². The van der Waals surface area contributed by atoms with E-state index in [0.717, 1.165) is 5.56 Å². The molecule has 2 rings (SSSR count). The predicted molar refractivity (Wildman–Crippen MR) is 78.9 cm³/mol. The minimum atomic E-state index is -0.300. The van der Waals surface area contributed by atoms with E-state index in [2.05, 4.69) is 22.5 Å². The fraction of sp³-hybridized carbons (Fsp3) is 0.200. The Morgan fingerprint density at radius 3 is 2.50 bits per heavy atom. The lowest BCUT2D eigenvalue weighted by atomic mass is 10.1. The van der Waals surface area contributed by atoms with Crippen molar-refractivity contribution in [1.82, 2.24) is 10.3 Å². The molecule has 0 radical (unpaired) electrons. The van der Waals surface area contributed by atoms with Gasteiger partial charge in [0.1, 0.15) is 0 Å². The standard InChI is InChI=1S/C15H17N3O2/c1-10(16-2)11-3-5-13(6-4-11)18-15(20)12-7-8-17-14(19)9-12/h3-10,16H,1-2H3,(H,17,19)(H,18,20). The maximum atomic E-state index is 12.0. The van der Waals surface area contributed by atoms with Gasteiger partial charge in [0.05, 0.1) is 0 Å². The summed E-state index contributed by atoms with van der Waals surface area (Å²) in [7, 11) is 1.90. The number of aromatic amines is 1. The third-order valence-electron chi connectivity index (χ3n) is 3.14. The van der Waals surface area contributed by atoms with Gasteiger partial charge in [0.25, 0.3) is 5.91 Å². The SMILES string of the molecule is CNC(C)c1ccc(NC(=O)c2cc[nH]c(=O)c2)cc1. The zero-order chi connectivity index (χ0) is 14.5. The number of carbonyl (C=O) groups is 1. The quantitative estimate of drug-likeness (QED) is 0.795. The summed E-state index contributed by atoms with van der Waals surface area (Å²) in [6.45, 7) is 2.06. The summed E-state index contributed by atoms with van der Waals surface area (Å²) < 4.78 is 0. The van der Waals surface area contributed by atoms with Gasteiger partial charge in [0.2, 0.25) is 5.56 Å². The summed E-state index contributed by atoms with van der Waals surface area (Å²) in [5.41, 5.74) is 1.88. The Morgan fingerprint density at radius 1 is 1.20 bits per heavy atom. The smallest absolute Gasteiger partial charge is 0.255 e. The summed E-state index contributed by atoms with van der Waals surface area (Å²) >= 11 is 0. The fourth-order valence-electron chi connectivity index (χ4n) is 1.81. The van der Waals surface area contributed by atoms with Crippen LogP contribution in [0.5, 0.6) is 0 Å². The minimum absolute atomic E-state index is 0.257. The lowest BCUT2D eigenvalue weighted by Gasteiger charge is -2.11. The van der Waals surface area contributed by atoms with E-state index < -0.39 is 0 Å². The van der Waals surface area contributed by atoms with Gasteiger partial charge >= 0.3 is 0 Å². The highest BCUT2D eigenvalue weighted by Crippen LogP contribution is 2.16. The Labute approximate surface area is 117 Å². The van der Waals surface area contributed by atoms with Crippen molar-refractivity contribution >= 4 is 11.6 Å². The highest BCUT2D eigenvalue weighted by molar-refractivity contribution is 6.04. The zero-order valence-electron chi connectivity index (χ0n) is 11.4. The molecule has 104 valence electrons. The van der Waals surface area contributed by atoms with Gasteiger partial charge in [-0.1, -0.05) is 12.1 Å². The van der Waals surface area contributed by atoms with Crippen LogP contribution in [0.1, 0.15) is 28.9 Å². The van der Waals surface area contributed by atoms with Gasteiger partial charge in [-0.05, 0) is 37.7 Å². The number of H-pyrrole nitrogens is 1. The van der Waals surface area contributed by atoms with Gasteiger partial charge in [-0.3, -0.25) is 9.59 Å². The molecule has 0 saturated carbocycles. The molecule has 0 aliphatic rings. The van der Waals surface area contributed by atoms with Crippen molar-refractivity contribution in [3.8, 4) is 0 Å². The van der Waals surface area contributed by atoms with Crippen molar-refractivity contribution in [2.45, 2.75) is 13.0 Å². The number of benzene rings is 1. The fourth-order valence-corrected chi connectivity index (χ4v) is 1.81. The van der Waals surface area contributed by atoms with E-state index in [9.17, 15) is 9.59 Å². The van der Waals surface area contributed by atoms with Gasteiger partial charge in [-0.25, -0.2) is 0 Å². The zero-order valence-corrected chi connectivity index (χ0v) is 11.4. The van der Waals surface area contributed by atoms with Crippen LogP contribution < -0.4 is 16.2 Å². The van der Waals surface area contributed by atoms with E-state index in [0.29, 0.717) is 11.3 Å². The average molecular weight is 271 g/mol. The first kappa shape index (κ1) is 14.0. The lowest BCUT2D eigenvalue weighted by molar-refractivity contribution is 0.102. The molecule has 0 bridgehead atoms. The van der Waals surface area contributed by atoms with E-state index in [1.807, 2.05) is 31.3 Å². The van der Waals surface area contributed by atoms with Crippen molar-refractivity contribution in [3.63, 3.8) is 0 Å². The Kier molecular flexibility index (Phi) is 4.32. The molecule has 2 aromatic rings. The molecule has 0 aliphatic heterocycles. The van der Waals surface area contributed by atoms with E-state index in [1.54, 1.807) is 6.07 Å². The topological polar surface area (TPSA) is 74.0 Å². The minimum Gasteiger partial charge on any atom is -0.329 e. The number of rotatable bonds is 4. The molecule has 0 saturated heterocycles. The number of carbonyl (C=O) groups excluding carboxylic acids is 1. The van der Waals surface area contributed by atoms with Gasteiger partial charge in [0.15, 0.2) is 0 Å². The molecular formula is C15H17N3O2. The van der Waals surface area contributed by atoms with Crippen LogP contribution in [0, 0.1) is 0 Å². The second-order valence-electron chi connectivity index (χ2n) is 4.53. The molecule has 1 aromatic carbocycles. The Balaban J connectivity index is 2.10. The molecule has 20 heavy (non-hydrogen) atoms. The highest BCUT2D eigenvalue weighted by Gasteiger charge is 2.07. The maximum Gasteiger partial charge on any atom is 0.255 e. The van der Waals surface area contributed by atoms with Crippen LogP contribution in [-0.2, 0) is 0 Å². The Hall–Kier alpha value is -2.40. The van der Waals surface area contributed by atoms with Crippen LogP contribution in [-0.4, -0.2) is 17.9 Å². The summed E-state index contributed by atoms with van der Waals surface area (Å²) in [5.74, 6) is -0.300. The number of aromatic nitrogens is 1. The summed E-state index contributed by atoms with van der Waals surface area (Å²) in [4.78, 5) is 25.6. The molecule has 1 aromatic heterocycles. The molecule has 1 atom stereocenters. The lowest BCUT2D eigenvalue weighted by Crippen LogP contribution is -2.16. The average Bonchev–Trinajstić information content (AvgIpc) is 2.47. The number of amides is 1. The number of pyridine rings is 1. The van der Waals surface area contributed by atoms with Crippen LogP contribution in [0.3, 0.4) is 0 Å². The third-order valence-corrected chi connectivity index (χ3v) is 3.14. The summed E-state index contributed by atoms with van der Waals surface area (Å²) in [6, 6.07) is 10.7. The van der Waals surface area contributed by atoms with Gasteiger partial charge in [-0.2, -0.15) is 0 Å². The maximum absolute atomic E-state index is 12.0. The number of hydrogen-bond donors (Lipinski definition) is 3. The van der Waals surface area contributed by atoms with Crippen LogP contribution in [0.2, 0.25) is 0 Å². The first-order chi connectivity index (χ1) is 9.60. The molecular weight excluding hydrogens is 254 g/mol. The van der Waals surface area contributed by atoms with E-state index >= 15 is 0 Å². The summed E-state index contributed by atoms with van der Waals surface area (Å²) in [5, 5.41) is 5.91. The summed E-state index contributed by atoms with van der Waals surface area (Å²) in [6.07, 6.45) is 1.45. The number of hydrogen-bond acceptors (Lipinski definition) is 3. The molecule has 0 spiro atoms. The molecule has 5 heteroatoms. The van der Waals surface area contributed by atoms with E-state index in [1.165, 1.54) is 12.3 Å². The van der Waals surface area contributed by atoms with Gasteiger partial charge in [0, 0.05) is 29.6 Å². The van der Waals surface area contributed by atoms with Gasteiger partial charge in [-0.15, -0.1) is 0 Å². The molecule has 1 unspecified atom stereocenters. The monoisotopic (exact) mass is 271 g/mol. The first-order valence-corrected chi connectivity index (χ1v) is 6.37. The van der Waals surface area contributed by atoms with E-state index in [4.69, 9.17) is 0 Å². The van der Waals surface area contributed by atoms with Crippen molar-refractivity contribution < 1.29 is 4.79 Å². The van der Waals surface area contributed by atoms with Crippen LogP contribution in [0.15, 0.2) is 47.4 Å². The molecule has 0 aliphatic carbocycles. The predicted octanol–water partition coefficient (Wildman–Crippen LogP) is 1.91. The molecule has 1 heterocycles. The number of nitrogens with one attached hydrogen (secondary N) is 3. The van der Waals surface area contributed by atoms with E-state index in [-0.39, 0.29) is 17.5 Å². The van der Waals surface area contributed by atoms with Crippen molar-refractivity contribution in [3.05, 3.63) is 64.1 Å². The molecule has 0 fully saturated rings. The molecule has 5 nitrogen and oxygen atoms in total. The van der Waals surface area contributed by atoms with Crippen molar-refractivity contribution in [2.75, 3.05) is 12.4 Å². The first-order valence-electron chi connectivity index (χ1n) is 6.37. The second-order valence-corrected chi connectivity index (χ2v) is 4.53. The van der Waals surface area contributed by atoms with Crippen LogP contribution in [0.4, 0.5) is 5.69 Å². The van der Waals surface area contributed by atoms with Gasteiger partial charge < -0.3 is 15.6 Å². The van der Waals surface area contributed by atoms with Crippen LogP contribution in [0.25, 0.3) is 0 Å².